The van der Waals surface area contributed by atoms with Crippen LogP contribution in [0.5, 0.6) is 0 Å². The summed E-state index contributed by atoms with van der Waals surface area (Å²) >= 11 is 6.04. The van der Waals surface area contributed by atoms with Crippen LogP contribution in [0.3, 0.4) is 0 Å². The third kappa shape index (κ3) is 7.61. The molecule has 0 N–H and O–H groups in total. The van der Waals surface area contributed by atoms with Crippen molar-refractivity contribution in [3.63, 3.8) is 0 Å². The lowest BCUT2D eigenvalue weighted by molar-refractivity contribution is 0.222. The zero-order valence-corrected chi connectivity index (χ0v) is 21.7. The molecule has 0 spiro atoms. The average molecular weight is 465 g/mol. The lowest BCUT2D eigenvalue weighted by atomic mass is 9.74. The van der Waals surface area contributed by atoms with Crippen molar-refractivity contribution in [1.82, 2.24) is 0 Å². The molecule has 0 bridgehead atoms. The molecule has 0 unspecified atom stereocenters. The molecule has 2 aliphatic rings. The Morgan fingerprint density at radius 1 is 0.576 bits per heavy atom. The maximum atomic E-state index is 6.04. The van der Waals surface area contributed by atoms with E-state index in [1.807, 2.05) is 12.1 Å². The number of rotatable bonds is 10. The largest absolute Gasteiger partial charge is 0.0843 e. The molecule has 0 amide bonds. The summed E-state index contributed by atoms with van der Waals surface area (Å²) in [5.74, 6) is 3.85. The molecule has 2 fully saturated rings. The minimum atomic E-state index is 0.767. The Hall–Kier alpha value is -1.27. The first-order valence-corrected chi connectivity index (χ1v) is 14.4. The van der Waals surface area contributed by atoms with Crippen LogP contribution in [0.1, 0.15) is 115 Å². The second kappa shape index (κ2) is 13.0. The molecule has 2 saturated carbocycles. The van der Waals surface area contributed by atoms with Gasteiger partial charge in [-0.3, -0.25) is 0 Å². The normalized spacial score (nSPS) is 25.8. The average Bonchev–Trinajstić information content (AvgIpc) is 2.87. The molecule has 2 aromatic carbocycles. The summed E-state index contributed by atoms with van der Waals surface area (Å²) in [6, 6.07) is 17.5. The van der Waals surface area contributed by atoms with Crippen molar-refractivity contribution in [2.24, 2.45) is 17.8 Å². The SMILES string of the molecule is CCCCCC[C@H]1CC[C@H](CCC2CCC(c3ccc(-c4ccc(Cl)cc4)cc3)CC2)CC1. The van der Waals surface area contributed by atoms with Crippen molar-refractivity contribution >= 4 is 11.6 Å². The quantitative estimate of drug-likeness (QED) is 0.306. The fraction of sp³-hybridized carbons (Fsp3) is 0.625. The predicted octanol–water partition coefficient (Wildman–Crippen LogP) is 10.8. The molecule has 0 heterocycles. The highest BCUT2D eigenvalue weighted by atomic mass is 35.5. The van der Waals surface area contributed by atoms with Gasteiger partial charge in [-0.2, -0.15) is 0 Å². The molecule has 0 saturated heterocycles. The van der Waals surface area contributed by atoms with Crippen LogP contribution in [0.15, 0.2) is 48.5 Å². The van der Waals surface area contributed by atoms with Gasteiger partial charge in [-0.25, -0.2) is 0 Å². The van der Waals surface area contributed by atoms with Gasteiger partial charge in [0.05, 0.1) is 0 Å². The van der Waals surface area contributed by atoms with Crippen molar-refractivity contribution in [2.45, 2.75) is 109 Å². The molecule has 4 rings (SSSR count). The zero-order chi connectivity index (χ0) is 22.9. The van der Waals surface area contributed by atoms with Crippen molar-refractivity contribution in [3.8, 4) is 11.1 Å². The summed E-state index contributed by atoms with van der Waals surface area (Å²) in [5, 5.41) is 0.803. The number of hydrogen-bond donors (Lipinski definition) is 0. The lowest BCUT2D eigenvalue weighted by Crippen LogP contribution is -2.17. The number of benzene rings is 2. The molecule has 1 heteroatoms. The van der Waals surface area contributed by atoms with E-state index in [2.05, 4.69) is 43.3 Å². The van der Waals surface area contributed by atoms with Crippen LogP contribution in [0.4, 0.5) is 0 Å². The zero-order valence-electron chi connectivity index (χ0n) is 20.9. The standard InChI is InChI=1S/C32H45Cl/c1-2-3-4-5-6-25-7-9-26(10-8-25)11-12-27-13-15-28(16-14-27)29-17-19-30(20-18-29)31-21-23-32(33)24-22-31/h17-28H,2-16H2,1H3/t25-,26-,27?,28?. The third-order valence-corrected chi connectivity index (χ3v) is 9.07. The van der Waals surface area contributed by atoms with Crippen molar-refractivity contribution in [1.29, 1.82) is 0 Å². The van der Waals surface area contributed by atoms with Gasteiger partial charge in [0, 0.05) is 5.02 Å². The maximum Gasteiger partial charge on any atom is 0.0406 e. The molecule has 0 radical (unpaired) electrons. The van der Waals surface area contributed by atoms with E-state index < -0.39 is 0 Å². The van der Waals surface area contributed by atoms with Crippen LogP contribution in [-0.4, -0.2) is 0 Å². The second-order valence-electron chi connectivity index (χ2n) is 11.2. The van der Waals surface area contributed by atoms with Crippen LogP contribution in [0.25, 0.3) is 11.1 Å². The Morgan fingerprint density at radius 2 is 1.06 bits per heavy atom. The van der Waals surface area contributed by atoms with Crippen LogP contribution in [0.2, 0.25) is 5.02 Å². The summed E-state index contributed by atoms with van der Waals surface area (Å²) in [6.45, 7) is 2.32. The summed E-state index contributed by atoms with van der Waals surface area (Å²) in [5.41, 5.74) is 4.09. The van der Waals surface area contributed by atoms with Gasteiger partial charge in [0.2, 0.25) is 0 Å². The highest BCUT2D eigenvalue weighted by Crippen LogP contribution is 2.40. The fourth-order valence-electron chi connectivity index (χ4n) is 6.51. The number of hydrogen-bond acceptors (Lipinski definition) is 0. The van der Waals surface area contributed by atoms with Crippen molar-refractivity contribution in [2.75, 3.05) is 0 Å². The molecule has 33 heavy (non-hydrogen) atoms. The molecular weight excluding hydrogens is 420 g/mol. The molecule has 0 aliphatic heterocycles. The molecule has 0 aromatic heterocycles. The predicted molar refractivity (Wildman–Crippen MR) is 145 cm³/mol. The number of halogens is 1. The minimum absolute atomic E-state index is 0.767. The van der Waals surface area contributed by atoms with Crippen molar-refractivity contribution in [3.05, 3.63) is 59.1 Å². The number of unbranched alkanes of at least 4 members (excludes halogenated alkanes) is 3. The molecular formula is C32H45Cl. The molecule has 2 aromatic rings. The highest BCUT2D eigenvalue weighted by molar-refractivity contribution is 6.30. The molecule has 0 nitrogen and oxygen atoms in total. The molecule has 180 valence electrons. The molecule has 0 atom stereocenters. The van der Waals surface area contributed by atoms with Gasteiger partial charge < -0.3 is 0 Å². The van der Waals surface area contributed by atoms with E-state index in [9.17, 15) is 0 Å². The maximum absolute atomic E-state index is 6.04. The monoisotopic (exact) mass is 464 g/mol. The van der Waals surface area contributed by atoms with Gasteiger partial charge >= 0.3 is 0 Å². The van der Waals surface area contributed by atoms with Gasteiger partial charge in [-0.1, -0.05) is 126 Å². The topological polar surface area (TPSA) is 0 Å². The van der Waals surface area contributed by atoms with Gasteiger partial charge in [-0.15, -0.1) is 0 Å². The summed E-state index contributed by atoms with van der Waals surface area (Å²) in [4.78, 5) is 0. The van der Waals surface area contributed by atoms with E-state index in [0.717, 1.165) is 28.7 Å². The van der Waals surface area contributed by atoms with E-state index in [1.165, 1.54) is 107 Å². The third-order valence-electron chi connectivity index (χ3n) is 8.82. The first kappa shape index (κ1) is 24.8. The Bertz CT molecular complexity index is 789. The Morgan fingerprint density at radius 3 is 1.61 bits per heavy atom. The van der Waals surface area contributed by atoms with E-state index in [4.69, 9.17) is 11.6 Å². The van der Waals surface area contributed by atoms with Crippen LogP contribution >= 0.6 is 11.6 Å². The summed E-state index contributed by atoms with van der Waals surface area (Å²) in [7, 11) is 0. The highest BCUT2D eigenvalue weighted by Gasteiger charge is 2.25. The summed E-state index contributed by atoms with van der Waals surface area (Å²) in [6.07, 6.45) is 22.0. The van der Waals surface area contributed by atoms with E-state index >= 15 is 0 Å². The van der Waals surface area contributed by atoms with Crippen LogP contribution < -0.4 is 0 Å². The van der Waals surface area contributed by atoms with Crippen LogP contribution in [-0.2, 0) is 0 Å². The minimum Gasteiger partial charge on any atom is -0.0843 e. The van der Waals surface area contributed by atoms with E-state index in [1.54, 1.807) is 5.56 Å². The van der Waals surface area contributed by atoms with Gasteiger partial charge in [0.25, 0.3) is 0 Å². The smallest absolute Gasteiger partial charge is 0.0406 e. The molecule has 2 aliphatic carbocycles. The summed E-state index contributed by atoms with van der Waals surface area (Å²) < 4.78 is 0. The van der Waals surface area contributed by atoms with Crippen molar-refractivity contribution < 1.29 is 0 Å². The van der Waals surface area contributed by atoms with E-state index in [0.29, 0.717) is 0 Å². The fourth-order valence-corrected chi connectivity index (χ4v) is 6.64. The Balaban J connectivity index is 1.14. The van der Waals surface area contributed by atoms with Gasteiger partial charge in [-0.05, 0) is 78.2 Å². The van der Waals surface area contributed by atoms with Crippen LogP contribution in [0, 0.1) is 17.8 Å². The first-order valence-electron chi connectivity index (χ1n) is 14.1. The Kier molecular flexibility index (Phi) is 9.78. The van der Waals surface area contributed by atoms with Gasteiger partial charge in [0.15, 0.2) is 0 Å². The van der Waals surface area contributed by atoms with E-state index in [-0.39, 0.29) is 0 Å². The Labute approximate surface area is 208 Å². The first-order chi connectivity index (χ1) is 16.2. The van der Waals surface area contributed by atoms with Gasteiger partial charge in [0.1, 0.15) is 0 Å². The lowest BCUT2D eigenvalue weighted by Gasteiger charge is -2.32. The second-order valence-corrected chi connectivity index (χ2v) is 11.6.